The Kier molecular flexibility index (Phi) is 3.16. The minimum atomic E-state index is 0.989. The quantitative estimate of drug-likeness (QED) is 0.402. The molecule has 0 heterocycles. The van der Waals surface area contributed by atoms with Crippen molar-refractivity contribution in [3.05, 3.63) is 95.6 Å². The standard InChI is InChI=1S/C22H18/c1-16-6-8-17(9-7-16)14-18-10-13-22-20(15-18)12-11-19-4-2-3-5-21(19)22/h2-13,15H,14H2,1H3. The number of hydrogen-bond donors (Lipinski definition) is 0. The second-order valence-corrected chi connectivity index (χ2v) is 6.00. The molecule has 0 N–H and O–H groups in total. The van der Waals surface area contributed by atoms with E-state index < -0.39 is 0 Å². The topological polar surface area (TPSA) is 0 Å². The molecule has 0 spiro atoms. The third-order valence-electron chi connectivity index (χ3n) is 4.34. The molecule has 0 heteroatoms. The van der Waals surface area contributed by atoms with Crippen LogP contribution in [-0.2, 0) is 6.42 Å². The van der Waals surface area contributed by atoms with Gasteiger partial charge in [-0.25, -0.2) is 0 Å². The van der Waals surface area contributed by atoms with E-state index in [2.05, 4.69) is 85.8 Å². The fourth-order valence-electron chi connectivity index (χ4n) is 3.11. The number of hydrogen-bond acceptors (Lipinski definition) is 0. The maximum Gasteiger partial charge on any atom is -0.00255 e. The Labute approximate surface area is 131 Å². The third kappa shape index (κ3) is 2.37. The summed E-state index contributed by atoms with van der Waals surface area (Å²) in [4.78, 5) is 0. The lowest BCUT2D eigenvalue weighted by molar-refractivity contribution is 1.19. The molecule has 0 unspecified atom stereocenters. The summed E-state index contributed by atoms with van der Waals surface area (Å²) in [7, 11) is 0. The second kappa shape index (κ2) is 5.31. The van der Waals surface area contributed by atoms with Crippen LogP contribution < -0.4 is 0 Å². The highest BCUT2D eigenvalue weighted by Crippen LogP contribution is 2.26. The molecular weight excluding hydrogens is 264 g/mol. The first-order valence-corrected chi connectivity index (χ1v) is 7.75. The first-order valence-electron chi connectivity index (χ1n) is 7.75. The zero-order chi connectivity index (χ0) is 14.9. The highest BCUT2D eigenvalue weighted by molar-refractivity contribution is 6.07. The summed E-state index contributed by atoms with van der Waals surface area (Å²) in [5.74, 6) is 0. The van der Waals surface area contributed by atoms with Gasteiger partial charge in [0, 0.05) is 0 Å². The molecule has 106 valence electrons. The molecule has 0 amide bonds. The molecule has 0 aliphatic heterocycles. The normalized spacial score (nSPS) is 11.1. The summed E-state index contributed by atoms with van der Waals surface area (Å²) in [6, 6.07) is 28.7. The van der Waals surface area contributed by atoms with Crippen LogP contribution in [0.2, 0.25) is 0 Å². The molecule has 0 atom stereocenters. The van der Waals surface area contributed by atoms with Gasteiger partial charge in [0.2, 0.25) is 0 Å². The molecule has 0 aliphatic carbocycles. The lowest BCUT2D eigenvalue weighted by Gasteiger charge is -2.07. The molecule has 0 saturated carbocycles. The van der Waals surface area contributed by atoms with E-state index >= 15 is 0 Å². The summed E-state index contributed by atoms with van der Waals surface area (Å²) in [5, 5.41) is 5.30. The molecule has 0 saturated heterocycles. The van der Waals surface area contributed by atoms with Gasteiger partial charge in [-0.2, -0.15) is 0 Å². The van der Waals surface area contributed by atoms with Gasteiger partial charge in [0.15, 0.2) is 0 Å². The molecule has 0 aliphatic rings. The van der Waals surface area contributed by atoms with E-state index in [-0.39, 0.29) is 0 Å². The van der Waals surface area contributed by atoms with Crippen LogP contribution in [0.1, 0.15) is 16.7 Å². The molecule has 0 fully saturated rings. The SMILES string of the molecule is Cc1ccc(Cc2ccc3c(ccc4ccccc43)c2)cc1. The number of aryl methyl sites for hydroxylation is 1. The summed E-state index contributed by atoms with van der Waals surface area (Å²) < 4.78 is 0. The molecule has 4 rings (SSSR count). The first-order chi connectivity index (χ1) is 10.8. The van der Waals surface area contributed by atoms with Crippen molar-refractivity contribution in [3.8, 4) is 0 Å². The Morgan fingerprint density at radius 1 is 0.591 bits per heavy atom. The maximum absolute atomic E-state index is 2.32. The van der Waals surface area contributed by atoms with Crippen molar-refractivity contribution in [2.45, 2.75) is 13.3 Å². The second-order valence-electron chi connectivity index (χ2n) is 6.00. The monoisotopic (exact) mass is 282 g/mol. The van der Waals surface area contributed by atoms with Crippen molar-refractivity contribution in [2.24, 2.45) is 0 Å². The molecule has 4 aromatic rings. The Hall–Kier alpha value is -2.60. The molecule has 22 heavy (non-hydrogen) atoms. The molecular formula is C22H18. The van der Waals surface area contributed by atoms with Gasteiger partial charge in [-0.15, -0.1) is 0 Å². The Morgan fingerprint density at radius 3 is 2.14 bits per heavy atom. The van der Waals surface area contributed by atoms with Crippen molar-refractivity contribution in [1.82, 2.24) is 0 Å². The third-order valence-corrected chi connectivity index (χ3v) is 4.34. The van der Waals surface area contributed by atoms with Crippen LogP contribution in [0.25, 0.3) is 21.5 Å². The average Bonchev–Trinajstić information content (AvgIpc) is 2.57. The van der Waals surface area contributed by atoms with E-state index in [1.165, 1.54) is 38.2 Å². The van der Waals surface area contributed by atoms with Gasteiger partial charge in [-0.1, -0.05) is 84.4 Å². The van der Waals surface area contributed by atoms with Crippen molar-refractivity contribution in [1.29, 1.82) is 0 Å². The van der Waals surface area contributed by atoms with Crippen molar-refractivity contribution >= 4 is 21.5 Å². The number of fused-ring (bicyclic) bond motifs is 3. The van der Waals surface area contributed by atoms with Crippen LogP contribution in [-0.4, -0.2) is 0 Å². The van der Waals surface area contributed by atoms with Crippen LogP contribution in [0.5, 0.6) is 0 Å². The predicted molar refractivity (Wildman–Crippen MR) is 95.4 cm³/mol. The fraction of sp³-hybridized carbons (Fsp3) is 0.0909. The van der Waals surface area contributed by atoms with E-state index in [1.807, 2.05) is 0 Å². The van der Waals surface area contributed by atoms with Crippen molar-refractivity contribution < 1.29 is 0 Å². The summed E-state index contributed by atoms with van der Waals surface area (Å²) in [6.07, 6.45) is 0.989. The number of benzene rings is 4. The minimum absolute atomic E-state index is 0.989. The predicted octanol–water partition coefficient (Wildman–Crippen LogP) is 5.89. The van der Waals surface area contributed by atoms with Crippen LogP contribution in [0.4, 0.5) is 0 Å². The van der Waals surface area contributed by atoms with Crippen molar-refractivity contribution in [3.63, 3.8) is 0 Å². The van der Waals surface area contributed by atoms with Gasteiger partial charge in [0.25, 0.3) is 0 Å². The molecule has 0 aromatic heterocycles. The Morgan fingerprint density at radius 2 is 1.27 bits per heavy atom. The first kappa shape index (κ1) is 13.1. The van der Waals surface area contributed by atoms with E-state index in [0.29, 0.717) is 0 Å². The van der Waals surface area contributed by atoms with Crippen molar-refractivity contribution in [2.75, 3.05) is 0 Å². The van der Waals surface area contributed by atoms with E-state index in [9.17, 15) is 0 Å². The average molecular weight is 282 g/mol. The van der Waals surface area contributed by atoms with Crippen LogP contribution >= 0.6 is 0 Å². The number of rotatable bonds is 2. The smallest absolute Gasteiger partial charge is 0.00255 e. The summed E-state index contributed by atoms with van der Waals surface area (Å²) in [5.41, 5.74) is 4.05. The fourth-order valence-corrected chi connectivity index (χ4v) is 3.11. The maximum atomic E-state index is 2.32. The van der Waals surface area contributed by atoms with Crippen LogP contribution in [0.15, 0.2) is 78.9 Å². The molecule has 0 radical (unpaired) electrons. The van der Waals surface area contributed by atoms with E-state index in [0.717, 1.165) is 6.42 Å². The van der Waals surface area contributed by atoms with Crippen LogP contribution in [0.3, 0.4) is 0 Å². The molecule has 4 aromatic carbocycles. The van der Waals surface area contributed by atoms with Gasteiger partial charge in [-0.3, -0.25) is 0 Å². The summed E-state index contributed by atoms with van der Waals surface area (Å²) in [6.45, 7) is 2.13. The Bertz CT molecular complexity index is 946. The molecule has 0 bridgehead atoms. The van der Waals surface area contributed by atoms with Gasteiger partial charge >= 0.3 is 0 Å². The van der Waals surface area contributed by atoms with Gasteiger partial charge in [0.05, 0.1) is 0 Å². The molecule has 0 nitrogen and oxygen atoms in total. The largest absolute Gasteiger partial charge is 0.0616 e. The van der Waals surface area contributed by atoms with E-state index in [1.54, 1.807) is 0 Å². The van der Waals surface area contributed by atoms with Crippen LogP contribution in [0, 0.1) is 6.92 Å². The van der Waals surface area contributed by atoms with Gasteiger partial charge in [0.1, 0.15) is 0 Å². The highest BCUT2D eigenvalue weighted by Gasteiger charge is 2.02. The van der Waals surface area contributed by atoms with Gasteiger partial charge in [-0.05, 0) is 46.0 Å². The lowest BCUT2D eigenvalue weighted by atomic mass is 9.97. The zero-order valence-electron chi connectivity index (χ0n) is 12.7. The van der Waals surface area contributed by atoms with Gasteiger partial charge < -0.3 is 0 Å². The lowest BCUT2D eigenvalue weighted by Crippen LogP contribution is -1.89. The highest BCUT2D eigenvalue weighted by atomic mass is 14.1. The van der Waals surface area contributed by atoms with E-state index in [4.69, 9.17) is 0 Å². The summed E-state index contributed by atoms with van der Waals surface area (Å²) >= 11 is 0. The Balaban J connectivity index is 1.77. The zero-order valence-corrected chi connectivity index (χ0v) is 12.7. The minimum Gasteiger partial charge on any atom is -0.0616 e.